The lowest BCUT2D eigenvalue weighted by molar-refractivity contribution is 0.0360. The third-order valence-corrected chi connectivity index (χ3v) is 2.44. The predicted octanol–water partition coefficient (Wildman–Crippen LogP) is 2.88. The van der Waals surface area contributed by atoms with Gasteiger partial charge in [0.2, 0.25) is 0 Å². The van der Waals surface area contributed by atoms with E-state index in [2.05, 4.69) is 0 Å². The average Bonchev–Trinajstić information content (AvgIpc) is 2.24. The van der Waals surface area contributed by atoms with Crippen molar-refractivity contribution in [3.05, 3.63) is 29.8 Å². The van der Waals surface area contributed by atoms with Crippen molar-refractivity contribution in [2.45, 2.75) is 26.9 Å². The van der Waals surface area contributed by atoms with Crippen LogP contribution in [0.25, 0.3) is 0 Å². The van der Waals surface area contributed by atoms with Crippen LogP contribution in [0.15, 0.2) is 24.3 Å². The van der Waals surface area contributed by atoms with Crippen LogP contribution in [0.3, 0.4) is 0 Å². The van der Waals surface area contributed by atoms with Crippen LogP contribution in [0.5, 0.6) is 5.75 Å². The van der Waals surface area contributed by atoms with Gasteiger partial charge in [0.15, 0.2) is 0 Å². The molecule has 0 heterocycles. The van der Waals surface area contributed by atoms with Gasteiger partial charge >= 0.3 is 6.09 Å². The molecule has 0 spiro atoms. The fourth-order valence-corrected chi connectivity index (χ4v) is 1.64. The molecule has 1 aromatic rings. The maximum absolute atomic E-state index is 10.9. The molecular formula is C13H19NO3. The van der Waals surface area contributed by atoms with E-state index in [4.69, 9.17) is 15.2 Å². The summed E-state index contributed by atoms with van der Waals surface area (Å²) in [4.78, 5) is 10.9. The summed E-state index contributed by atoms with van der Waals surface area (Å²) in [7, 11) is 1.61. The molecule has 0 saturated carbocycles. The minimum atomic E-state index is -0.763. The molecule has 17 heavy (non-hydrogen) atoms. The molecule has 1 amide bonds. The van der Waals surface area contributed by atoms with Crippen molar-refractivity contribution in [2.24, 2.45) is 11.1 Å². The first-order valence-electron chi connectivity index (χ1n) is 5.44. The van der Waals surface area contributed by atoms with Crippen molar-refractivity contribution in [3.8, 4) is 5.75 Å². The smallest absolute Gasteiger partial charge is 0.405 e. The maximum Gasteiger partial charge on any atom is 0.405 e. The summed E-state index contributed by atoms with van der Waals surface area (Å²) in [5.41, 5.74) is 5.78. The largest absolute Gasteiger partial charge is 0.497 e. The molecule has 0 aliphatic heterocycles. The van der Waals surface area contributed by atoms with E-state index < -0.39 is 6.09 Å². The van der Waals surface area contributed by atoms with E-state index in [1.807, 2.05) is 45.0 Å². The summed E-state index contributed by atoms with van der Waals surface area (Å²) in [6.45, 7) is 5.97. The van der Waals surface area contributed by atoms with Gasteiger partial charge in [-0.2, -0.15) is 0 Å². The van der Waals surface area contributed by atoms with E-state index >= 15 is 0 Å². The first-order valence-corrected chi connectivity index (χ1v) is 5.44. The zero-order valence-corrected chi connectivity index (χ0v) is 10.7. The maximum atomic E-state index is 10.9. The van der Waals surface area contributed by atoms with Crippen molar-refractivity contribution >= 4 is 6.09 Å². The number of hydrogen-bond acceptors (Lipinski definition) is 3. The molecule has 0 aliphatic carbocycles. The molecule has 0 saturated heterocycles. The lowest BCUT2D eigenvalue weighted by Crippen LogP contribution is -2.26. The Morgan fingerprint density at radius 3 is 2.12 bits per heavy atom. The van der Waals surface area contributed by atoms with Crippen LogP contribution < -0.4 is 10.5 Å². The van der Waals surface area contributed by atoms with E-state index in [-0.39, 0.29) is 11.5 Å². The van der Waals surface area contributed by atoms with E-state index in [1.54, 1.807) is 7.11 Å². The average molecular weight is 237 g/mol. The molecule has 1 atom stereocenters. The molecule has 0 aliphatic rings. The van der Waals surface area contributed by atoms with Gasteiger partial charge in [0.1, 0.15) is 11.9 Å². The molecule has 0 fully saturated rings. The number of amides is 1. The minimum Gasteiger partial charge on any atom is -0.497 e. The van der Waals surface area contributed by atoms with Gasteiger partial charge in [0, 0.05) is 5.41 Å². The molecule has 94 valence electrons. The fourth-order valence-electron chi connectivity index (χ4n) is 1.64. The highest BCUT2D eigenvalue weighted by Crippen LogP contribution is 2.36. The van der Waals surface area contributed by atoms with Crippen LogP contribution in [0.1, 0.15) is 32.4 Å². The molecule has 1 unspecified atom stereocenters. The van der Waals surface area contributed by atoms with Gasteiger partial charge in [-0.15, -0.1) is 0 Å². The van der Waals surface area contributed by atoms with E-state index in [0.717, 1.165) is 11.3 Å². The molecule has 4 heteroatoms. The number of carbonyl (C=O) groups excluding carboxylic acids is 1. The number of nitrogens with two attached hydrogens (primary N) is 1. The van der Waals surface area contributed by atoms with Crippen molar-refractivity contribution in [2.75, 3.05) is 7.11 Å². The van der Waals surface area contributed by atoms with Crippen LogP contribution in [0.4, 0.5) is 4.79 Å². The molecule has 1 aromatic carbocycles. The van der Waals surface area contributed by atoms with E-state index in [9.17, 15) is 4.79 Å². The topological polar surface area (TPSA) is 61.6 Å². The van der Waals surface area contributed by atoms with Crippen molar-refractivity contribution < 1.29 is 14.3 Å². The Kier molecular flexibility index (Phi) is 3.99. The summed E-state index contributed by atoms with van der Waals surface area (Å²) in [6.07, 6.45) is -1.13. The molecule has 0 radical (unpaired) electrons. The standard InChI is InChI=1S/C13H19NO3/c1-13(2,3)11(17-12(14)15)9-5-7-10(16-4)8-6-9/h5-8,11H,1-4H3,(H2,14,15). The second-order valence-electron chi connectivity index (χ2n) is 4.96. The van der Waals surface area contributed by atoms with Crippen LogP contribution in [0, 0.1) is 5.41 Å². The Bertz CT molecular complexity index is 379. The minimum absolute atomic E-state index is 0.219. The number of ether oxygens (including phenoxy) is 2. The number of hydrogen-bond donors (Lipinski definition) is 1. The van der Waals surface area contributed by atoms with E-state index in [0.29, 0.717) is 0 Å². The van der Waals surface area contributed by atoms with Crippen molar-refractivity contribution in [1.29, 1.82) is 0 Å². The van der Waals surface area contributed by atoms with Crippen LogP contribution >= 0.6 is 0 Å². The summed E-state index contributed by atoms with van der Waals surface area (Å²) in [5, 5.41) is 0. The fraction of sp³-hybridized carbons (Fsp3) is 0.462. The van der Waals surface area contributed by atoms with Gasteiger partial charge in [0.05, 0.1) is 7.11 Å². The monoisotopic (exact) mass is 237 g/mol. The van der Waals surface area contributed by atoms with Gasteiger partial charge < -0.3 is 15.2 Å². The molecular weight excluding hydrogens is 218 g/mol. The number of benzene rings is 1. The lowest BCUT2D eigenvalue weighted by atomic mass is 9.84. The SMILES string of the molecule is COc1ccc(C(OC(N)=O)C(C)(C)C)cc1. The van der Waals surface area contributed by atoms with Gasteiger partial charge in [-0.1, -0.05) is 32.9 Å². The number of methoxy groups -OCH3 is 1. The Morgan fingerprint density at radius 2 is 1.76 bits per heavy atom. The molecule has 0 aromatic heterocycles. The van der Waals surface area contributed by atoms with Gasteiger partial charge in [0.25, 0.3) is 0 Å². The molecule has 0 bridgehead atoms. The van der Waals surface area contributed by atoms with Gasteiger partial charge in [-0.05, 0) is 17.7 Å². The summed E-state index contributed by atoms with van der Waals surface area (Å²) in [6, 6.07) is 7.41. The second-order valence-corrected chi connectivity index (χ2v) is 4.96. The first kappa shape index (κ1) is 13.4. The second kappa shape index (κ2) is 5.08. The Labute approximate surface area is 102 Å². The number of carbonyl (C=O) groups is 1. The highest BCUT2D eigenvalue weighted by molar-refractivity contribution is 5.65. The van der Waals surface area contributed by atoms with Gasteiger partial charge in [-0.25, -0.2) is 4.79 Å². The highest BCUT2D eigenvalue weighted by Gasteiger charge is 2.29. The van der Waals surface area contributed by atoms with Crippen molar-refractivity contribution in [1.82, 2.24) is 0 Å². The summed E-state index contributed by atoms with van der Waals surface area (Å²) < 4.78 is 10.3. The Balaban J connectivity index is 3.00. The lowest BCUT2D eigenvalue weighted by Gasteiger charge is -2.30. The third kappa shape index (κ3) is 3.66. The van der Waals surface area contributed by atoms with Gasteiger partial charge in [-0.3, -0.25) is 0 Å². The Morgan fingerprint density at radius 1 is 1.24 bits per heavy atom. The van der Waals surface area contributed by atoms with E-state index in [1.165, 1.54) is 0 Å². The zero-order chi connectivity index (χ0) is 13.1. The van der Waals surface area contributed by atoms with Crippen LogP contribution in [-0.2, 0) is 4.74 Å². The Hall–Kier alpha value is -1.71. The summed E-state index contributed by atoms with van der Waals surface area (Å²) >= 11 is 0. The summed E-state index contributed by atoms with van der Waals surface area (Å²) in [5.74, 6) is 0.764. The molecule has 1 rings (SSSR count). The number of primary amides is 1. The highest BCUT2D eigenvalue weighted by atomic mass is 16.6. The quantitative estimate of drug-likeness (QED) is 0.879. The first-order chi connectivity index (χ1) is 7.84. The van der Waals surface area contributed by atoms with Crippen LogP contribution in [-0.4, -0.2) is 13.2 Å². The normalized spacial score (nSPS) is 12.9. The molecule has 4 nitrogen and oxygen atoms in total. The third-order valence-electron chi connectivity index (χ3n) is 2.44. The van der Waals surface area contributed by atoms with Crippen LogP contribution in [0.2, 0.25) is 0 Å². The molecule has 2 N–H and O–H groups in total. The predicted molar refractivity (Wildman–Crippen MR) is 65.9 cm³/mol. The zero-order valence-electron chi connectivity index (χ0n) is 10.7. The number of rotatable bonds is 3. The van der Waals surface area contributed by atoms with Crippen molar-refractivity contribution in [3.63, 3.8) is 0 Å².